The summed E-state index contributed by atoms with van der Waals surface area (Å²) in [4.78, 5) is 6.80. The maximum Gasteiger partial charge on any atom is 0.191 e. The number of guanidine groups is 1. The van der Waals surface area contributed by atoms with Crippen LogP contribution in [-0.4, -0.2) is 50.2 Å². The summed E-state index contributed by atoms with van der Waals surface area (Å²) in [5.74, 6) is 1.56. The Morgan fingerprint density at radius 3 is 2.67 bits per heavy atom. The summed E-state index contributed by atoms with van der Waals surface area (Å²) in [6, 6.07) is 8.59. The highest BCUT2D eigenvalue weighted by Gasteiger charge is 2.23. The molecule has 1 aromatic rings. The number of anilines is 1. The minimum Gasteiger partial charge on any atom is -0.371 e. The van der Waals surface area contributed by atoms with Gasteiger partial charge in [-0.2, -0.15) is 11.8 Å². The van der Waals surface area contributed by atoms with Crippen molar-refractivity contribution in [3.63, 3.8) is 0 Å². The number of hydrogen-bond donors (Lipinski definition) is 2. The van der Waals surface area contributed by atoms with Gasteiger partial charge in [-0.15, -0.1) is 0 Å². The van der Waals surface area contributed by atoms with E-state index in [4.69, 9.17) is 0 Å². The van der Waals surface area contributed by atoms with Crippen molar-refractivity contribution in [2.24, 2.45) is 10.9 Å². The Balaban J connectivity index is 1.77. The smallest absolute Gasteiger partial charge is 0.191 e. The number of halogens is 1. The minimum absolute atomic E-state index is 0.212. The molecule has 1 fully saturated rings. The SMILES string of the molecule is CN=C(NCC1CCN(c2ccc(Br)cc2)C1)NCC(C)(C)SC. The molecule has 1 aromatic carbocycles. The lowest BCUT2D eigenvalue weighted by Crippen LogP contribution is -2.44. The van der Waals surface area contributed by atoms with Gasteiger partial charge in [-0.05, 0) is 56.7 Å². The molecule has 0 radical (unpaired) electrons. The second-order valence-corrected chi connectivity index (χ2v) is 9.28. The van der Waals surface area contributed by atoms with Crippen LogP contribution in [0.5, 0.6) is 0 Å². The monoisotopic (exact) mass is 412 g/mol. The van der Waals surface area contributed by atoms with Crippen molar-refractivity contribution in [1.29, 1.82) is 0 Å². The summed E-state index contributed by atoms with van der Waals surface area (Å²) in [5.41, 5.74) is 1.31. The highest BCUT2D eigenvalue weighted by Crippen LogP contribution is 2.25. The summed E-state index contributed by atoms with van der Waals surface area (Å²) >= 11 is 5.36. The molecular formula is C18H29BrN4S. The summed E-state index contributed by atoms with van der Waals surface area (Å²) in [7, 11) is 1.84. The lowest BCUT2D eigenvalue weighted by Gasteiger charge is -2.24. The first-order valence-electron chi connectivity index (χ1n) is 8.44. The molecule has 1 saturated heterocycles. The molecule has 1 unspecified atom stereocenters. The highest BCUT2D eigenvalue weighted by molar-refractivity contribution is 9.10. The fourth-order valence-corrected chi connectivity index (χ4v) is 3.20. The van der Waals surface area contributed by atoms with Gasteiger partial charge in [0.05, 0.1) is 0 Å². The number of benzene rings is 1. The van der Waals surface area contributed by atoms with Gasteiger partial charge in [-0.1, -0.05) is 15.9 Å². The molecule has 0 spiro atoms. The highest BCUT2D eigenvalue weighted by atomic mass is 79.9. The first-order valence-corrected chi connectivity index (χ1v) is 10.5. The summed E-state index contributed by atoms with van der Waals surface area (Å²) in [5, 5.41) is 6.92. The predicted molar refractivity (Wildman–Crippen MR) is 111 cm³/mol. The van der Waals surface area contributed by atoms with Crippen LogP contribution >= 0.6 is 27.7 Å². The number of aliphatic imine (C=N–C) groups is 1. The average Bonchev–Trinajstić information content (AvgIpc) is 3.04. The van der Waals surface area contributed by atoms with Crippen molar-refractivity contribution >= 4 is 39.3 Å². The van der Waals surface area contributed by atoms with E-state index in [9.17, 15) is 0 Å². The first kappa shape index (κ1) is 19.4. The van der Waals surface area contributed by atoms with Gasteiger partial charge < -0.3 is 15.5 Å². The van der Waals surface area contributed by atoms with E-state index in [2.05, 4.69) is 80.8 Å². The molecule has 0 aromatic heterocycles. The third-order valence-corrected chi connectivity index (χ3v) is 6.27. The normalized spacial score (nSPS) is 18.8. The summed E-state index contributed by atoms with van der Waals surface area (Å²) in [6.07, 6.45) is 3.36. The van der Waals surface area contributed by atoms with Gasteiger partial charge in [0.1, 0.15) is 0 Å². The second-order valence-electron chi connectivity index (χ2n) is 6.85. The Morgan fingerprint density at radius 1 is 1.33 bits per heavy atom. The van der Waals surface area contributed by atoms with E-state index in [1.54, 1.807) is 0 Å². The predicted octanol–water partition coefficient (Wildman–Crippen LogP) is 3.58. The lowest BCUT2D eigenvalue weighted by molar-refractivity contribution is 0.562. The molecule has 6 heteroatoms. The fraction of sp³-hybridized carbons (Fsp3) is 0.611. The topological polar surface area (TPSA) is 39.7 Å². The van der Waals surface area contributed by atoms with Crippen LogP contribution in [0.1, 0.15) is 20.3 Å². The molecular weight excluding hydrogens is 384 g/mol. The Labute approximate surface area is 159 Å². The van der Waals surface area contributed by atoms with E-state index in [0.717, 1.165) is 36.6 Å². The molecule has 0 bridgehead atoms. The van der Waals surface area contributed by atoms with E-state index in [1.807, 2.05) is 18.8 Å². The van der Waals surface area contributed by atoms with Gasteiger partial charge in [0.2, 0.25) is 0 Å². The zero-order chi connectivity index (χ0) is 17.6. The Hall–Kier alpha value is -0.880. The number of thioether (sulfide) groups is 1. The molecule has 1 heterocycles. The Bertz CT molecular complexity index is 544. The van der Waals surface area contributed by atoms with Crippen LogP contribution in [0.4, 0.5) is 5.69 Å². The second kappa shape index (κ2) is 8.99. The van der Waals surface area contributed by atoms with Crippen LogP contribution in [0, 0.1) is 5.92 Å². The summed E-state index contributed by atoms with van der Waals surface area (Å²) < 4.78 is 1.34. The molecule has 0 saturated carbocycles. The van der Waals surface area contributed by atoms with Crippen molar-refractivity contribution < 1.29 is 0 Å². The van der Waals surface area contributed by atoms with Crippen molar-refractivity contribution in [3.8, 4) is 0 Å². The van der Waals surface area contributed by atoms with Crippen LogP contribution in [0.2, 0.25) is 0 Å². The molecule has 0 aliphatic carbocycles. The molecule has 1 aliphatic rings. The van der Waals surface area contributed by atoms with Gasteiger partial charge in [0.15, 0.2) is 5.96 Å². The standard InChI is InChI=1S/C18H29BrN4S/c1-18(2,24-4)13-22-17(20-3)21-11-14-9-10-23(12-14)16-7-5-15(19)6-8-16/h5-8,14H,9-13H2,1-4H3,(H2,20,21,22). The fourth-order valence-electron chi connectivity index (χ4n) is 2.72. The minimum atomic E-state index is 0.212. The largest absolute Gasteiger partial charge is 0.371 e. The maximum atomic E-state index is 4.34. The van der Waals surface area contributed by atoms with E-state index in [1.165, 1.54) is 12.1 Å². The number of nitrogens with zero attached hydrogens (tertiary/aromatic N) is 2. The molecule has 4 nitrogen and oxygen atoms in total. The van der Waals surface area contributed by atoms with Crippen molar-refractivity contribution in [1.82, 2.24) is 10.6 Å². The van der Waals surface area contributed by atoms with E-state index in [-0.39, 0.29) is 4.75 Å². The molecule has 24 heavy (non-hydrogen) atoms. The van der Waals surface area contributed by atoms with Gasteiger partial charge in [0.25, 0.3) is 0 Å². The lowest BCUT2D eigenvalue weighted by atomic mass is 10.1. The first-order chi connectivity index (χ1) is 11.4. The molecule has 0 amide bonds. The molecule has 1 atom stereocenters. The van der Waals surface area contributed by atoms with Gasteiger partial charge in [-0.25, -0.2) is 0 Å². The maximum absolute atomic E-state index is 4.34. The number of nitrogens with one attached hydrogen (secondary N) is 2. The Morgan fingerprint density at radius 2 is 2.04 bits per heavy atom. The third-order valence-electron chi connectivity index (χ3n) is 4.49. The van der Waals surface area contributed by atoms with Crippen molar-refractivity contribution in [3.05, 3.63) is 28.7 Å². The summed E-state index contributed by atoms with van der Waals surface area (Å²) in [6.45, 7) is 8.58. The third kappa shape index (κ3) is 5.88. The molecule has 134 valence electrons. The van der Waals surface area contributed by atoms with Crippen LogP contribution < -0.4 is 15.5 Å². The van der Waals surface area contributed by atoms with Gasteiger partial charge in [0, 0.05) is 48.1 Å². The van der Waals surface area contributed by atoms with E-state index >= 15 is 0 Å². The zero-order valence-corrected chi connectivity index (χ0v) is 17.5. The quantitative estimate of drug-likeness (QED) is 0.553. The van der Waals surface area contributed by atoms with Crippen LogP contribution in [0.3, 0.4) is 0 Å². The van der Waals surface area contributed by atoms with Crippen LogP contribution in [-0.2, 0) is 0 Å². The molecule has 2 N–H and O–H groups in total. The number of rotatable bonds is 6. The van der Waals surface area contributed by atoms with Crippen molar-refractivity contribution in [2.45, 2.75) is 25.0 Å². The van der Waals surface area contributed by atoms with Gasteiger partial charge in [-0.3, -0.25) is 4.99 Å². The molecule has 2 rings (SSSR count). The Kier molecular flexibility index (Phi) is 7.29. The van der Waals surface area contributed by atoms with E-state index in [0.29, 0.717) is 5.92 Å². The van der Waals surface area contributed by atoms with Crippen LogP contribution in [0.25, 0.3) is 0 Å². The van der Waals surface area contributed by atoms with E-state index < -0.39 is 0 Å². The van der Waals surface area contributed by atoms with Crippen LogP contribution in [0.15, 0.2) is 33.7 Å². The molecule has 1 aliphatic heterocycles. The number of hydrogen-bond acceptors (Lipinski definition) is 3. The van der Waals surface area contributed by atoms with Gasteiger partial charge >= 0.3 is 0 Å². The van der Waals surface area contributed by atoms with Crippen molar-refractivity contribution in [2.75, 3.05) is 44.4 Å². The average molecular weight is 413 g/mol. The zero-order valence-electron chi connectivity index (χ0n) is 15.1.